The minimum atomic E-state index is -0.339. The molecule has 0 heterocycles. The van der Waals surface area contributed by atoms with Gasteiger partial charge in [0.2, 0.25) is 0 Å². The van der Waals surface area contributed by atoms with Crippen molar-refractivity contribution in [3.05, 3.63) is 35.9 Å². The highest BCUT2D eigenvalue weighted by molar-refractivity contribution is 6.23. The van der Waals surface area contributed by atoms with Gasteiger partial charge >= 0.3 is 0 Å². The summed E-state index contributed by atoms with van der Waals surface area (Å²) in [6.45, 7) is 2.50. The van der Waals surface area contributed by atoms with Crippen molar-refractivity contribution in [3.63, 3.8) is 0 Å². The van der Waals surface area contributed by atoms with E-state index in [9.17, 15) is 4.79 Å². The molecule has 0 radical (unpaired) electrons. The quantitative estimate of drug-likeness (QED) is 0.440. The van der Waals surface area contributed by atoms with Crippen molar-refractivity contribution in [1.82, 2.24) is 4.58 Å². The summed E-state index contributed by atoms with van der Waals surface area (Å²) in [7, 11) is 0. The summed E-state index contributed by atoms with van der Waals surface area (Å²) in [5.41, 5.74) is 0.518. The normalized spacial score (nSPS) is 10.0. The number of amides is 1. The van der Waals surface area contributed by atoms with Crippen LogP contribution < -0.4 is 0 Å². The van der Waals surface area contributed by atoms with Crippen LogP contribution in [-0.2, 0) is 4.84 Å². The van der Waals surface area contributed by atoms with Gasteiger partial charge in [-0.3, -0.25) is 9.63 Å². The maximum Gasteiger partial charge on any atom is 0.292 e. The summed E-state index contributed by atoms with van der Waals surface area (Å²) in [5, 5.41) is 0. The van der Waals surface area contributed by atoms with Crippen LogP contribution in [0, 0.1) is 0 Å². The van der Waals surface area contributed by atoms with Gasteiger partial charge in [-0.1, -0.05) is 31.5 Å². The molecular formula is C11H14ClNO2. The van der Waals surface area contributed by atoms with Crippen LogP contribution in [0.25, 0.3) is 0 Å². The number of rotatable bonds is 5. The topological polar surface area (TPSA) is 29.5 Å². The average Bonchev–Trinajstić information content (AvgIpc) is 2.29. The number of carbonyl (C=O) groups is 1. The second-order valence-corrected chi connectivity index (χ2v) is 3.41. The van der Waals surface area contributed by atoms with Gasteiger partial charge in [0.1, 0.15) is 0 Å². The Kier molecular flexibility index (Phi) is 5.15. The molecule has 1 rings (SSSR count). The first kappa shape index (κ1) is 12.0. The molecular weight excluding hydrogens is 214 g/mol. The lowest BCUT2D eigenvalue weighted by Crippen LogP contribution is -2.22. The van der Waals surface area contributed by atoms with Crippen molar-refractivity contribution in [3.8, 4) is 0 Å². The number of nitrogens with zero attached hydrogens (tertiary/aromatic N) is 1. The average molecular weight is 228 g/mol. The second kappa shape index (κ2) is 6.43. The van der Waals surface area contributed by atoms with E-state index in [1.807, 2.05) is 13.0 Å². The van der Waals surface area contributed by atoms with Gasteiger partial charge in [-0.2, -0.15) is 0 Å². The molecule has 0 aliphatic heterocycles. The molecule has 15 heavy (non-hydrogen) atoms. The maximum absolute atomic E-state index is 11.6. The van der Waals surface area contributed by atoms with E-state index in [4.69, 9.17) is 16.6 Å². The first-order valence-corrected chi connectivity index (χ1v) is 5.27. The Balaban J connectivity index is 2.46. The largest absolute Gasteiger partial charge is 0.292 e. The molecule has 82 valence electrons. The fourth-order valence-corrected chi connectivity index (χ4v) is 1.20. The Hall–Kier alpha value is -1.06. The first-order chi connectivity index (χ1) is 7.25. The zero-order valence-corrected chi connectivity index (χ0v) is 9.41. The van der Waals surface area contributed by atoms with Crippen LogP contribution in [0.3, 0.4) is 0 Å². The number of benzene rings is 1. The van der Waals surface area contributed by atoms with E-state index in [1.54, 1.807) is 24.3 Å². The summed E-state index contributed by atoms with van der Waals surface area (Å²) >= 11 is 5.66. The summed E-state index contributed by atoms with van der Waals surface area (Å²) in [5.74, 6) is -0.339. The third-order valence-electron chi connectivity index (χ3n) is 1.88. The molecule has 4 heteroatoms. The number of hydroxylamine groups is 1. The van der Waals surface area contributed by atoms with Gasteiger partial charge in [-0.05, 0) is 18.6 Å². The van der Waals surface area contributed by atoms with Gasteiger partial charge in [0.15, 0.2) is 0 Å². The van der Waals surface area contributed by atoms with Crippen LogP contribution in [0.1, 0.15) is 30.1 Å². The minimum Gasteiger partial charge on any atom is -0.265 e. The fraction of sp³-hybridized carbons (Fsp3) is 0.364. The zero-order valence-electron chi connectivity index (χ0n) is 8.65. The SMILES string of the molecule is CCCCON(Cl)C(=O)c1ccccc1. The number of carbonyl (C=O) groups excluding carboxylic acids is 1. The Morgan fingerprint density at radius 3 is 2.67 bits per heavy atom. The van der Waals surface area contributed by atoms with E-state index in [-0.39, 0.29) is 5.91 Å². The van der Waals surface area contributed by atoms with Crippen molar-refractivity contribution in [2.75, 3.05) is 6.61 Å². The first-order valence-electron chi connectivity index (χ1n) is 4.94. The van der Waals surface area contributed by atoms with Gasteiger partial charge in [-0.15, -0.1) is 4.58 Å². The number of hydrogen-bond donors (Lipinski definition) is 0. The molecule has 0 atom stereocenters. The predicted molar refractivity (Wildman–Crippen MR) is 59.3 cm³/mol. The van der Waals surface area contributed by atoms with Gasteiger partial charge in [0.25, 0.3) is 5.91 Å². The fourth-order valence-electron chi connectivity index (χ4n) is 1.03. The van der Waals surface area contributed by atoms with Crippen molar-refractivity contribution in [2.24, 2.45) is 0 Å². The lowest BCUT2D eigenvalue weighted by atomic mass is 10.2. The molecule has 0 N–H and O–H groups in total. The zero-order chi connectivity index (χ0) is 11.1. The highest BCUT2D eigenvalue weighted by Gasteiger charge is 2.13. The number of unbranched alkanes of at least 4 members (excludes halogenated alkanes) is 1. The van der Waals surface area contributed by atoms with E-state index < -0.39 is 0 Å². The molecule has 0 aromatic heterocycles. The highest BCUT2D eigenvalue weighted by Crippen LogP contribution is 2.08. The van der Waals surface area contributed by atoms with Crippen molar-refractivity contribution >= 4 is 17.7 Å². The Labute approximate surface area is 94.7 Å². The lowest BCUT2D eigenvalue weighted by Gasteiger charge is -2.12. The minimum absolute atomic E-state index is 0.339. The summed E-state index contributed by atoms with van der Waals surface area (Å²) in [4.78, 5) is 16.7. The molecule has 0 bridgehead atoms. The van der Waals surface area contributed by atoms with Crippen LogP contribution in [-0.4, -0.2) is 17.1 Å². The van der Waals surface area contributed by atoms with E-state index in [1.165, 1.54) is 0 Å². The standard InChI is InChI=1S/C11H14ClNO2/c1-2-3-9-15-13(12)11(14)10-7-5-4-6-8-10/h4-8H,2-3,9H2,1H3. The van der Waals surface area contributed by atoms with Gasteiger partial charge in [0, 0.05) is 17.3 Å². The summed E-state index contributed by atoms with van der Waals surface area (Å²) in [6.07, 6.45) is 1.88. The molecule has 0 saturated carbocycles. The van der Waals surface area contributed by atoms with E-state index in [0.717, 1.165) is 17.4 Å². The molecule has 0 unspecified atom stereocenters. The Morgan fingerprint density at radius 2 is 2.07 bits per heavy atom. The third-order valence-corrected chi connectivity index (χ3v) is 2.13. The van der Waals surface area contributed by atoms with E-state index in [2.05, 4.69) is 0 Å². The monoisotopic (exact) mass is 227 g/mol. The lowest BCUT2D eigenvalue weighted by molar-refractivity contribution is -0.0596. The molecule has 0 aliphatic carbocycles. The van der Waals surface area contributed by atoms with Crippen LogP contribution >= 0.6 is 11.8 Å². The molecule has 0 saturated heterocycles. The van der Waals surface area contributed by atoms with Crippen molar-refractivity contribution in [1.29, 1.82) is 0 Å². The summed E-state index contributed by atoms with van der Waals surface area (Å²) < 4.78 is 0.769. The molecule has 0 aliphatic rings. The van der Waals surface area contributed by atoms with E-state index >= 15 is 0 Å². The van der Waals surface area contributed by atoms with E-state index in [0.29, 0.717) is 12.2 Å². The van der Waals surface area contributed by atoms with Gasteiger partial charge < -0.3 is 0 Å². The molecule has 0 spiro atoms. The van der Waals surface area contributed by atoms with Crippen LogP contribution in [0.15, 0.2) is 30.3 Å². The third kappa shape index (κ3) is 3.90. The van der Waals surface area contributed by atoms with Crippen LogP contribution in [0.2, 0.25) is 0 Å². The highest BCUT2D eigenvalue weighted by atomic mass is 35.5. The van der Waals surface area contributed by atoms with Crippen molar-refractivity contribution < 1.29 is 9.63 Å². The Morgan fingerprint density at radius 1 is 1.40 bits per heavy atom. The molecule has 0 fully saturated rings. The molecule has 1 aromatic rings. The predicted octanol–water partition coefficient (Wildman–Crippen LogP) is 3.01. The molecule has 3 nitrogen and oxygen atoms in total. The second-order valence-electron chi connectivity index (χ2n) is 3.10. The van der Waals surface area contributed by atoms with Crippen LogP contribution in [0.4, 0.5) is 0 Å². The maximum atomic E-state index is 11.6. The summed E-state index contributed by atoms with van der Waals surface area (Å²) in [6, 6.07) is 8.79. The van der Waals surface area contributed by atoms with Gasteiger partial charge in [0.05, 0.1) is 6.61 Å². The molecule has 1 aromatic carbocycles. The van der Waals surface area contributed by atoms with Crippen LogP contribution in [0.5, 0.6) is 0 Å². The smallest absolute Gasteiger partial charge is 0.265 e. The number of hydrogen-bond acceptors (Lipinski definition) is 2. The number of halogens is 1. The van der Waals surface area contributed by atoms with Crippen molar-refractivity contribution in [2.45, 2.75) is 19.8 Å². The Bertz CT molecular complexity index is 303. The molecule has 1 amide bonds. The van der Waals surface area contributed by atoms with Gasteiger partial charge in [-0.25, -0.2) is 0 Å².